The molecule has 5 nitrogen and oxygen atoms in total. The molecule has 0 aliphatic heterocycles. The lowest BCUT2D eigenvalue weighted by atomic mass is 10.2. The fourth-order valence-electron chi connectivity index (χ4n) is 2.17. The van der Waals surface area contributed by atoms with Crippen LogP contribution in [0.25, 0.3) is 0 Å². The first kappa shape index (κ1) is 17.6. The van der Waals surface area contributed by atoms with Gasteiger partial charge >= 0.3 is 6.18 Å². The Morgan fingerprint density at radius 1 is 1.00 bits per heavy atom. The lowest BCUT2D eigenvalue weighted by molar-refractivity contribution is -0.137. The van der Waals surface area contributed by atoms with Gasteiger partial charge in [0.25, 0.3) is 0 Å². The first-order valence-corrected chi connectivity index (χ1v) is 7.53. The molecule has 2 N–H and O–H groups in total. The van der Waals surface area contributed by atoms with E-state index in [4.69, 9.17) is 0 Å². The van der Waals surface area contributed by atoms with Gasteiger partial charge in [0.05, 0.1) is 11.8 Å². The van der Waals surface area contributed by atoms with E-state index in [1.807, 2.05) is 0 Å². The number of nitrogens with zero attached hydrogens (tertiary/aromatic N) is 3. The van der Waals surface area contributed by atoms with Gasteiger partial charge in [0.2, 0.25) is 5.95 Å². The van der Waals surface area contributed by atoms with Gasteiger partial charge in [0.1, 0.15) is 5.82 Å². The van der Waals surface area contributed by atoms with Gasteiger partial charge in [0, 0.05) is 17.8 Å². The van der Waals surface area contributed by atoms with E-state index in [0.717, 1.165) is 12.1 Å². The third-order valence-electron chi connectivity index (χ3n) is 3.42. The zero-order valence-corrected chi connectivity index (χ0v) is 13.3. The largest absolute Gasteiger partial charge is 0.416 e. The molecule has 0 aliphatic rings. The molecule has 3 rings (SSSR count). The molecular weight excluding hydrogens is 350 g/mol. The van der Waals surface area contributed by atoms with Crippen molar-refractivity contribution in [2.24, 2.45) is 0 Å². The second-order valence-corrected chi connectivity index (χ2v) is 5.31. The Hall–Kier alpha value is -3.23. The summed E-state index contributed by atoms with van der Waals surface area (Å²) in [5.74, 6) is -0.0371. The molecule has 0 spiro atoms. The number of nitrogens with one attached hydrogen (secondary N) is 2. The zero-order chi connectivity index (χ0) is 18.6. The number of hydrogen-bond donors (Lipinski definition) is 2. The maximum atomic E-state index is 13.6. The van der Waals surface area contributed by atoms with Gasteiger partial charge in [-0.1, -0.05) is 24.3 Å². The Balaban J connectivity index is 1.71. The van der Waals surface area contributed by atoms with E-state index in [0.29, 0.717) is 11.4 Å². The van der Waals surface area contributed by atoms with Crippen LogP contribution in [0.2, 0.25) is 0 Å². The van der Waals surface area contributed by atoms with Crippen molar-refractivity contribution in [1.29, 1.82) is 0 Å². The van der Waals surface area contributed by atoms with Gasteiger partial charge in [-0.2, -0.15) is 23.3 Å². The molecule has 0 fully saturated rings. The number of benzene rings is 2. The Labute approximate surface area is 146 Å². The van der Waals surface area contributed by atoms with Crippen LogP contribution in [-0.4, -0.2) is 15.2 Å². The first-order chi connectivity index (χ1) is 12.4. The minimum Gasteiger partial charge on any atom is -0.364 e. The van der Waals surface area contributed by atoms with Crippen LogP contribution in [-0.2, 0) is 12.7 Å². The summed E-state index contributed by atoms with van der Waals surface area (Å²) in [6.07, 6.45) is -3.11. The van der Waals surface area contributed by atoms with E-state index in [1.54, 1.807) is 18.2 Å². The predicted molar refractivity (Wildman–Crippen MR) is 88.3 cm³/mol. The predicted octanol–water partition coefficient (Wildman–Crippen LogP) is 4.39. The Morgan fingerprint density at radius 3 is 2.58 bits per heavy atom. The summed E-state index contributed by atoms with van der Waals surface area (Å²) in [4.78, 5) is 4.11. The maximum absolute atomic E-state index is 13.6. The molecule has 1 aromatic heterocycles. The minimum atomic E-state index is -4.44. The molecule has 0 atom stereocenters. The average Bonchev–Trinajstić information content (AvgIpc) is 2.61. The molecule has 26 heavy (non-hydrogen) atoms. The summed E-state index contributed by atoms with van der Waals surface area (Å²) in [6, 6.07) is 10.9. The second-order valence-electron chi connectivity index (χ2n) is 5.31. The van der Waals surface area contributed by atoms with Crippen LogP contribution < -0.4 is 10.6 Å². The monoisotopic (exact) mass is 363 g/mol. The van der Waals surface area contributed by atoms with Crippen LogP contribution in [0.15, 0.2) is 54.7 Å². The van der Waals surface area contributed by atoms with Crippen LogP contribution in [0.5, 0.6) is 0 Å². The van der Waals surface area contributed by atoms with Crippen molar-refractivity contribution in [1.82, 2.24) is 15.2 Å². The van der Waals surface area contributed by atoms with Crippen LogP contribution in [0.3, 0.4) is 0 Å². The highest BCUT2D eigenvalue weighted by molar-refractivity contribution is 5.55. The molecule has 9 heteroatoms. The highest BCUT2D eigenvalue weighted by atomic mass is 19.4. The van der Waals surface area contributed by atoms with Crippen molar-refractivity contribution in [2.75, 3.05) is 10.6 Å². The molecule has 0 saturated carbocycles. The molecule has 0 aliphatic carbocycles. The summed E-state index contributed by atoms with van der Waals surface area (Å²) in [7, 11) is 0. The normalized spacial score (nSPS) is 11.2. The van der Waals surface area contributed by atoms with Gasteiger partial charge in [-0.25, -0.2) is 4.39 Å². The quantitative estimate of drug-likeness (QED) is 0.659. The summed E-state index contributed by atoms with van der Waals surface area (Å²) in [6.45, 7) is 0.175. The molecule has 0 amide bonds. The first-order valence-electron chi connectivity index (χ1n) is 7.53. The van der Waals surface area contributed by atoms with E-state index in [1.165, 1.54) is 24.4 Å². The Kier molecular flexibility index (Phi) is 4.97. The summed E-state index contributed by atoms with van der Waals surface area (Å²) < 4.78 is 51.9. The topological polar surface area (TPSA) is 62.7 Å². The summed E-state index contributed by atoms with van der Waals surface area (Å²) in [5.41, 5.74) is -0.171. The van der Waals surface area contributed by atoms with Crippen molar-refractivity contribution in [3.05, 3.63) is 71.7 Å². The van der Waals surface area contributed by atoms with Crippen LogP contribution >= 0.6 is 0 Å². The summed E-state index contributed by atoms with van der Waals surface area (Å²) >= 11 is 0. The highest BCUT2D eigenvalue weighted by Gasteiger charge is 2.30. The van der Waals surface area contributed by atoms with Gasteiger partial charge in [-0.05, 0) is 24.3 Å². The van der Waals surface area contributed by atoms with Gasteiger partial charge in [-0.3, -0.25) is 0 Å². The molecule has 0 unspecified atom stereocenters. The van der Waals surface area contributed by atoms with Gasteiger partial charge in [0.15, 0.2) is 5.82 Å². The van der Waals surface area contributed by atoms with Crippen LogP contribution in [0, 0.1) is 5.82 Å². The number of anilines is 3. The van der Waals surface area contributed by atoms with Crippen molar-refractivity contribution >= 4 is 17.5 Å². The smallest absolute Gasteiger partial charge is 0.364 e. The molecule has 0 saturated heterocycles. The van der Waals surface area contributed by atoms with Crippen molar-refractivity contribution in [3.8, 4) is 0 Å². The lowest BCUT2D eigenvalue weighted by Gasteiger charge is -2.10. The van der Waals surface area contributed by atoms with E-state index < -0.39 is 11.7 Å². The fraction of sp³-hybridized carbons (Fsp3) is 0.118. The highest BCUT2D eigenvalue weighted by Crippen LogP contribution is 2.31. The van der Waals surface area contributed by atoms with E-state index in [2.05, 4.69) is 25.8 Å². The Morgan fingerprint density at radius 2 is 1.81 bits per heavy atom. The van der Waals surface area contributed by atoms with Crippen molar-refractivity contribution < 1.29 is 17.6 Å². The summed E-state index contributed by atoms with van der Waals surface area (Å²) in [5, 5.41) is 13.0. The molecule has 3 aromatic rings. The number of alkyl halides is 3. The van der Waals surface area contributed by atoms with Crippen LogP contribution in [0.1, 0.15) is 11.1 Å². The molecule has 0 radical (unpaired) electrons. The number of halogens is 4. The minimum absolute atomic E-state index is 0.0165. The van der Waals surface area contributed by atoms with Crippen molar-refractivity contribution in [3.63, 3.8) is 0 Å². The zero-order valence-electron chi connectivity index (χ0n) is 13.3. The second kappa shape index (κ2) is 7.34. The maximum Gasteiger partial charge on any atom is 0.416 e. The van der Waals surface area contributed by atoms with Crippen molar-refractivity contribution in [2.45, 2.75) is 12.7 Å². The third kappa shape index (κ3) is 4.44. The Bertz CT molecular complexity index is 898. The van der Waals surface area contributed by atoms with Gasteiger partial charge in [-0.15, -0.1) is 5.10 Å². The van der Waals surface area contributed by atoms with Gasteiger partial charge < -0.3 is 10.6 Å². The number of aromatic nitrogens is 3. The van der Waals surface area contributed by atoms with E-state index >= 15 is 0 Å². The molecule has 1 heterocycles. The standard InChI is InChI=1S/C17H13F4N5/c18-14-7-2-1-4-11(14)9-22-15-10-23-26-16(25-15)24-13-6-3-5-12(8-13)17(19,20)21/h1-8,10H,9H2,(H2,22,24,25,26). The molecule has 0 bridgehead atoms. The lowest BCUT2D eigenvalue weighted by Crippen LogP contribution is -2.08. The van der Waals surface area contributed by atoms with Crippen LogP contribution in [0.4, 0.5) is 35.0 Å². The number of hydrogen-bond acceptors (Lipinski definition) is 5. The molecular formula is C17H13F4N5. The number of rotatable bonds is 5. The molecule has 134 valence electrons. The van der Waals surface area contributed by atoms with E-state index in [9.17, 15) is 17.6 Å². The van der Waals surface area contributed by atoms with E-state index in [-0.39, 0.29) is 24.0 Å². The average molecular weight is 363 g/mol. The fourth-order valence-corrected chi connectivity index (χ4v) is 2.17. The third-order valence-corrected chi connectivity index (χ3v) is 3.42. The molecule has 2 aromatic carbocycles. The SMILES string of the molecule is Fc1ccccc1CNc1cnnc(Nc2cccc(C(F)(F)F)c2)n1.